The highest BCUT2D eigenvalue weighted by atomic mass is 16.3. The van der Waals surface area contributed by atoms with Crippen LogP contribution in [-0.2, 0) is 19.9 Å². The van der Waals surface area contributed by atoms with Gasteiger partial charge in [-0.05, 0) is 36.5 Å². The van der Waals surface area contributed by atoms with Crippen LogP contribution in [0.1, 0.15) is 36.2 Å². The topological polar surface area (TPSA) is 50.1 Å². The molecule has 0 saturated carbocycles. The summed E-state index contributed by atoms with van der Waals surface area (Å²) in [6, 6.07) is 6.05. The van der Waals surface area contributed by atoms with Crippen LogP contribution in [0.4, 0.5) is 5.69 Å². The number of nitrogens with zero attached hydrogens (tertiary/aromatic N) is 2. The van der Waals surface area contributed by atoms with Crippen LogP contribution < -0.4 is 5.32 Å². The van der Waals surface area contributed by atoms with Crippen molar-refractivity contribution in [2.24, 2.45) is 7.05 Å². The fourth-order valence-corrected chi connectivity index (χ4v) is 2.89. The highest BCUT2D eigenvalue weighted by Gasteiger charge is 2.25. The van der Waals surface area contributed by atoms with E-state index in [2.05, 4.69) is 23.4 Å². The van der Waals surface area contributed by atoms with E-state index in [4.69, 9.17) is 0 Å². The zero-order chi connectivity index (χ0) is 13.4. The van der Waals surface area contributed by atoms with Gasteiger partial charge in [0.2, 0.25) is 0 Å². The summed E-state index contributed by atoms with van der Waals surface area (Å²) in [5, 5.41) is 17.9. The molecular weight excluding hydrogens is 238 g/mol. The number of benzene rings is 1. The predicted octanol–water partition coefficient (Wildman–Crippen LogP) is 2.79. The second-order valence-corrected chi connectivity index (χ2v) is 5.10. The van der Waals surface area contributed by atoms with E-state index in [1.807, 2.05) is 24.0 Å². The number of hydrogen-bond donors (Lipinski definition) is 2. The molecule has 0 amide bonds. The number of rotatable bonds is 3. The predicted molar refractivity (Wildman–Crippen MR) is 75.4 cm³/mol. The third-order valence-electron chi connectivity index (χ3n) is 3.82. The van der Waals surface area contributed by atoms with Gasteiger partial charge in [-0.25, -0.2) is 0 Å². The van der Waals surface area contributed by atoms with Gasteiger partial charge < -0.3 is 10.4 Å². The summed E-state index contributed by atoms with van der Waals surface area (Å²) in [5.41, 5.74) is 4.50. The largest absolute Gasteiger partial charge is 0.508 e. The molecule has 2 aromatic rings. The van der Waals surface area contributed by atoms with Crippen molar-refractivity contribution in [3.05, 3.63) is 41.2 Å². The van der Waals surface area contributed by atoms with Gasteiger partial charge in [-0.2, -0.15) is 5.10 Å². The third kappa shape index (κ3) is 2.07. The van der Waals surface area contributed by atoms with Gasteiger partial charge in [0.15, 0.2) is 0 Å². The van der Waals surface area contributed by atoms with Crippen LogP contribution in [0.15, 0.2) is 24.4 Å². The molecule has 1 unspecified atom stereocenters. The first-order valence-corrected chi connectivity index (χ1v) is 6.79. The maximum atomic E-state index is 9.88. The Balaban J connectivity index is 1.88. The Hall–Kier alpha value is -1.97. The van der Waals surface area contributed by atoms with Crippen molar-refractivity contribution < 1.29 is 5.11 Å². The molecule has 19 heavy (non-hydrogen) atoms. The molecule has 0 saturated heterocycles. The first kappa shape index (κ1) is 12.1. The number of aryl methyl sites for hydroxylation is 2. The average molecular weight is 257 g/mol. The van der Waals surface area contributed by atoms with Gasteiger partial charge in [0.25, 0.3) is 0 Å². The molecule has 0 radical (unpaired) electrons. The molecule has 0 bridgehead atoms. The van der Waals surface area contributed by atoms with E-state index in [0.717, 1.165) is 36.2 Å². The molecule has 4 nitrogen and oxygen atoms in total. The first-order valence-electron chi connectivity index (χ1n) is 6.79. The van der Waals surface area contributed by atoms with Crippen molar-refractivity contribution in [3.8, 4) is 5.75 Å². The van der Waals surface area contributed by atoms with E-state index in [0.29, 0.717) is 5.75 Å². The zero-order valence-corrected chi connectivity index (χ0v) is 11.3. The molecule has 3 rings (SSSR count). The minimum Gasteiger partial charge on any atom is -0.508 e. The lowest BCUT2D eigenvalue weighted by Crippen LogP contribution is -2.07. The van der Waals surface area contributed by atoms with Crippen molar-refractivity contribution in [3.63, 3.8) is 0 Å². The van der Waals surface area contributed by atoms with Crippen LogP contribution in [0, 0.1) is 0 Å². The van der Waals surface area contributed by atoms with Crippen LogP contribution in [-0.4, -0.2) is 14.9 Å². The molecule has 1 aromatic heterocycles. The number of hydrogen-bond acceptors (Lipinski definition) is 3. The highest BCUT2D eigenvalue weighted by molar-refractivity contribution is 5.52. The number of phenolic OH excluding ortho intramolecular Hbond substituents is 1. The summed E-state index contributed by atoms with van der Waals surface area (Å²) < 4.78 is 1.85. The van der Waals surface area contributed by atoms with Crippen molar-refractivity contribution in [1.29, 1.82) is 0 Å². The third-order valence-corrected chi connectivity index (χ3v) is 3.82. The number of aromatic nitrogens is 2. The summed E-state index contributed by atoms with van der Waals surface area (Å²) in [7, 11) is 1.94. The average Bonchev–Trinajstić information content (AvgIpc) is 2.95. The van der Waals surface area contributed by atoms with Crippen LogP contribution in [0.3, 0.4) is 0 Å². The van der Waals surface area contributed by atoms with E-state index >= 15 is 0 Å². The Morgan fingerprint density at radius 1 is 1.47 bits per heavy atom. The van der Waals surface area contributed by atoms with E-state index in [9.17, 15) is 5.11 Å². The van der Waals surface area contributed by atoms with Gasteiger partial charge in [0, 0.05) is 13.2 Å². The monoisotopic (exact) mass is 257 g/mol. The standard InChI is InChI=1S/C15H19N3O/c1-3-12-14(9-18(2)17-12)16-13-8-7-11-10(13)5-4-6-15(11)19/h4-6,9,13,16,19H,3,7-8H2,1-2H3. The van der Waals surface area contributed by atoms with Crippen molar-refractivity contribution >= 4 is 5.69 Å². The summed E-state index contributed by atoms with van der Waals surface area (Å²) in [6.45, 7) is 2.11. The van der Waals surface area contributed by atoms with E-state index in [1.165, 1.54) is 5.56 Å². The van der Waals surface area contributed by atoms with Crippen LogP contribution in [0.2, 0.25) is 0 Å². The molecule has 0 aliphatic heterocycles. The molecule has 1 atom stereocenters. The number of fused-ring (bicyclic) bond motifs is 1. The molecule has 100 valence electrons. The van der Waals surface area contributed by atoms with E-state index in [1.54, 1.807) is 6.07 Å². The molecule has 2 N–H and O–H groups in total. The minimum atomic E-state index is 0.275. The van der Waals surface area contributed by atoms with E-state index < -0.39 is 0 Å². The number of nitrogens with one attached hydrogen (secondary N) is 1. The molecule has 0 fully saturated rings. The lowest BCUT2D eigenvalue weighted by Gasteiger charge is -2.15. The SMILES string of the molecule is CCc1nn(C)cc1NC1CCc2c(O)cccc21. The Bertz CT molecular complexity index is 603. The number of phenols is 1. The molecule has 1 aromatic carbocycles. The van der Waals surface area contributed by atoms with Crippen molar-refractivity contribution in [2.45, 2.75) is 32.2 Å². The summed E-state index contributed by atoms with van der Waals surface area (Å²) in [4.78, 5) is 0. The van der Waals surface area contributed by atoms with Gasteiger partial charge in [0.1, 0.15) is 5.75 Å². The fraction of sp³-hybridized carbons (Fsp3) is 0.400. The fourth-order valence-electron chi connectivity index (χ4n) is 2.89. The first-order chi connectivity index (χ1) is 9.19. The molecule has 0 spiro atoms. The van der Waals surface area contributed by atoms with Crippen LogP contribution in [0.25, 0.3) is 0 Å². The number of aromatic hydroxyl groups is 1. The molecule has 1 heterocycles. The molecule has 1 aliphatic carbocycles. The van der Waals surface area contributed by atoms with Gasteiger partial charge in [-0.3, -0.25) is 4.68 Å². The molecule has 1 aliphatic rings. The highest BCUT2D eigenvalue weighted by Crippen LogP contribution is 2.38. The summed E-state index contributed by atoms with van der Waals surface area (Å²) in [5.74, 6) is 0.420. The van der Waals surface area contributed by atoms with E-state index in [-0.39, 0.29) is 6.04 Å². The second-order valence-electron chi connectivity index (χ2n) is 5.10. The van der Waals surface area contributed by atoms with Gasteiger partial charge in [0.05, 0.1) is 17.4 Å². The van der Waals surface area contributed by atoms with Gasteiger partial charge >= 0.3 is 0 Å². The maximum Gasteiger partial charge on any atom is 0.119 e. The Morgan fingerprint density at radius 3 is 3.11 bits per heavy atom. The van der Waals surface area contributed by atoms with Crippen molar-refractivity contribution in [2.75, 3.05) is 5.32 Å². The second kappa shape index (κ2) is 4.61. The quantitative estimate of drug-likeness (QED) is 0.889. The molecule has 4 heteroatoms. The Kier molecular flexibility index (Phi) is 2.93. The molecular formula is C15H19N3O. The van der Waals surface area contributed by atoms with Crippen LogP contribution >= 0.6 is 0 Å². The maximum absolute atomic E-state index is 9.88. The van der Waals surface area contributed by atoms with Crippen molar-refractivity contribution in [1.82, 2.24) is 9.78 Å². The lowest BCUT2D eigenvalue weighted by atomic mass is 10.1. The smallest absolute Gasteiger partial charge is 0.119 e. The Labute approximate surface area is 113 Å². The summed E-state index contributed by atoms with van der Waals surface area (Å²) >= 11 is 0. The zero-order valence-electron chi connectivity index (χ0n) is 11.3. The minimum absolute atomic E-state index is 0.275. The lowest BCUT2D eigenvalue weighted by molar-refractivity contribution is 0.469. The summed E-state index contributed by atoms with van der Waals surface area (Å²) in [6.07, 6.45) is 4.90. The number of anilines is 1. The van der Waals surface area contributed by atoms with Gasteiger partial charge in [-0.15, -0.1) is 0 Å². The van der Waals surface area contributed by atoms with Crippen LogP contribution in [0.5, 0.6) is 5.75 Å². The Morgan fingerprint density at radius 2 is 2.32 bits per heavy atom. The normalized spacial score (nSPS) is 17.5. The van der Waals surface area contributed by atoms with Gasteiger partial charge in [-0.1, -0.05) is 19.1 Å².